The highest BCUT2D eigenvalue weighted by molar-refractivity contribution is 9.09. The third kappa shape index (κ3) is 5.80. The fraction of sp³-hybridized carbons (Fsp3) is 0.538. The van der Waals surface area contributed by atoms with Crippen LogP contribution >= 0.6 is 27.7 Å². The zero-order valence-corrected chi connectivity index (χ0v) is 12.1. The second kappa shape index (κ2) is 8.94. The van der Waals surface area contributed by atoms with E-state index in [0.717, 1.165) is 16.8 Å². The fourth-order valence-electron chi connectivity index (χ4n) is 1.39. The minimum Gasteiger partial charge on any atom is -0.497 e. The largest absolute Gasteiger partial charge is 0.497 e. The molecule has 0 amide bonds. The van der Waals surface area contributed by atoms with E-state index in [9.17, 15) is 0 Å². The normalized spacial score (nSPS) is 10.4. The van der Waals surface area contributed by atoms with Crippen LogP contribution in [0, 0.1) is 0 Å². The molecule has 0 aliphatic heterocycles. The van der Waals surface area contributed by atoms with Crippen LogP contribution in [0.4, 0.5) is 0 Å². The molecule has 1 aromatic rings. The molecule has 0 saturated heterocycles. The Morgan fingerprint density at radius 1 is 1.12 bits per heavy atom. The van der Waals surface area contributed by atoms with E-state index in [1.807, 2.05) is 23.9 Å². The fourth-order valence-corrected chi connectivity index (χ4v) is 2.76. The van der Waals surface area contributed by atoms with E-state index in [0.29, 0.717) is 0 Å². The van der Waals surface area contributed by atoms with Crippen molar-refractivity contribution in [2.45, 2.75) is 25.0 Å². The molecule has 0 saturated carbocycles. The molecule has 1 nitrogen and oxygen atoms in total. The highest BCUT2D eigenvalue weighted by atomic mass is 79.9. The van der Waals surface area contributed by atoms with Gasteiger partial charge in [-0.1, -0.05) is 34.5 Å². The van der Waals surface area contributed by atoms with E-state index < -0.39 is 0 Å². The number of benzene rings is 1. The van der Waals surface area contributed by atoms with Crippen LogP contribution in [0.25, 0.3) is 0 Å². The molecule has 0 aliphatic carbocycles. The van der Waals surface area contributed by atoms with Crippen LogP contribution in [0.3, 0.4) is 0 Å². The Bertz CT molecular complexity index is 274. The second-order valence-electron chi connectivity index (χ2n) is 3.65. The van der Waals surface area contributed by atoms with Crippen molar-refractivity contribution in [2.75, 3.05) is 18.2 Å². The maximum absolute atomic E-state index is 5.13. The summed E-state index contributed by atoms with van der Waals surface area (Å²) in [6.45, 7) is 0. The molecule has 16 heavy (non-hydrogen) atoms. The smallest absolute Gasteiger partial charge is 0.118 e. The molecule has 0 heterocycles. The average Bonchev–Trinajstić information content (AvgIpc) is 2.34. The molecule has 1 rings (SSSR count). The van der Waals surface area contributed by atoms with E-state index in [4.69, 9.17) is 4.74 Å². The monoisotopic (exact) mass is 302 g/mol. The molecule has 0 bridgehead atoms. The Balaban J connectivity index is 2.12. The summed E-state index contributed by atoms with van der Waals surface area (Å²) in [5.41, 5.74) is 1.38. The van der Waals surface area contributed by atoms with Gasteiger partial charge in [0.05, 0.1) is 7.11 Å². The number of hydrogen-bond donors (Lipinski definition) is 0. The topological polar surface area (TPSA) is 9.23 Å². The molecule has 0 aliphatic rings. The molecule has 90 valence electrons. The van der Waals surface area contributed by atoms with Gasteiger partial charge in [-0.25, -0.2) is 0 Å². The van der Waals surface area contributed by atoms with Crippen LogP contribution in [-0.4, -0.2) is 18.2 Å². The molecule has 0 atom stereocenters. The summed E-state index contributed by atoms with van der Waals surface area (Å²) in [7, 11) is 1.70. The zero-order chi connectivity index (χ0) is 11.6. The zero-order valence-electron chi connectivity index (χ0n) is 9.75. The molecular weight excluding hydrogens is 284 g/mol. The number of unbranched alkanes of at least 4 members (excludes halogenated alkanes) is 2. The predicted molar refractivity (Wildman–Crippen MR) is 76.8 cm³/mol. The first-order valence-electron chi connectivity index (χ1n) is 5.63. The summed E-state index contributed by atoms with van der Waals surface area (Å²) in [6, 6.07) is 8.34. The second-order valence-corrected chi connectivity index (χ2v) is 5.55. The number of ether oxygens (including phenoxy) is 1. The lowest BCUT2D eigenvalue weighted by atomic mass is 10.2. The summed E-state index contributed by atoms with van der Waals surface area (Å²) in [5, 5.41) is 1.14. The molecule has 0 N–H and O–H groups in total. The molecule has 0 fully saturated rings. The summed E-state index contributed by atoms with van der Waals surface area (Å²) in [5.74, 6) is 3.31. The maximum atomic E-state index is 5.13. The number of hydrogen-bond acceptors (Lipinski definition) is 2. The van der Waals surface area contributed by atoms with Crippen molar-refractivity contribution < 1.29 is 4.74 Å². The van der Waals surface area contributed by atoms with Gasteiger partial charge in [-0.15, -0.1) is 0 Å². The first-order chi connectivity index (χ1) is 7.86. The molecule has 0 spiro atoms. The predicted octanol–water partition coefficient (Wildman–Crippen LogP) is 4.49. The number of rotatable bonds is 8. The van der Waals surface area contributed by atoms with E-state index in [-0.39, 0.29) is 0 Å². The quantitative estimate of drug-likeness (QED) is 0.517. The number of alkyl halides is 1. The van der Waals surface area contributed by atoms with Crippen LogP contribution in [0.2, 0.25) is 0 Å². The first-order valence-corrected chi connectivity index (χ1v) is 7.91. The van der Waals surface area contributed by atoms with Gasteiger partial charge in [0, 0.05) is 11.1 Å². The molecule has 0 radical (unpaired) electrons. The van der Waals surface area contributed by atoms with Gasteiger partial charge in [0.2, 0.25) is 0 Å². The van der Waals surface area contributed by atoms with Gasteiger partial charge in [-0.3, -0.25) is 0 Å². The lowest BCUT2D eigenvalue weighted by Crippen LogP contribution is -1.86. The van der Waals surface area contributed by atoms with Crippen LogP contribution in [0.15, 0.2) is 24.3 Å². The summed E-state index contributed by atoms with van der Waals surface area (Å²) in [6.07, 6.45) is 3.95. The lowest BCUT2D eigenvalue weighted by molar-refractivity contribution is 0.414. The summed E-state index contributed by atoms with van der Waals surface area (Å²) in [4.78, 5) is 0. The van der Waals surface area contributed by atoms with Gasteiger partial charge in [-0.05, 0) is 36.3 Å². The highest BCUT2D eigenvalue weighted by Gasteiger charge is 1.95. The molecule has 0 aromatic heterocycles. The minimum atomic E-state index is 0.936. The molecule has 3 heteroatoms. The van der Waals surface area contributed by atoms with Crippen LogP contribution < -0.4 is 4.74 Å². The van der Waals surface area contributed by atoms with Crippen molar-refractivity contribution in [3.8, 4) is 5.75 Å². The van der Waals surface area contributed by atoms with Gasteiger partial charge >= 0.3 is 0 Å². The van der Waals surface area contributed by atoms with E-state index >= 15 is 0 Å². The van der Waals surface area contributed by atoms with Gasteiger partial charge < -0.3 is 4.74 Å². The van der Waals surface area contributed by atoms with E-state index in [1.54, 1.807) is 7.11 Å². The van der Waals surface area contributed by atoms with Gasteiger partial charge in [-0.2, -0.15) is 11.8 Å². The van der Waals surface area contributed by atoms with E-state index in [2.05, 4.69) is 28.1 Å². The Kier molecular flexibility index (Phi) is 7.77. The van der Waals surface area contributed by atoms with Crippen molar-refractivity contribution in [2.24, 2.45) is 0 Å². The maximum Gasteiger partial charge on any atom is 0.118 e. The summed E-state index contributed by atoms with van der Waals surface area (Å²) < 4.78 is 5.13. The van der Waals surface area contributed by atoms with Crippen molar-refractivity contribution in [1.82, 2.24) is 0 Å². The number of halogens is 1. The van der Waals surface area contributed by atoms with E-state index in [1.165, 1.54) is 30.6 Å². The number of methoxy groups -OCH3 is 1. The first kappa shape index (κ1) is 13.9. The Morgan fingerprint density at radius 2 is 1.88 bits per heavy atom. The average molecular weight is 303 g/mol. The van der Waals surface area contributed by atoms with Crippen molar-refractivity contribution in [3.05, 3.63) is 29.8 Å². The third-order valence-corrected chi connectivity index (χ3v) is 4.03. The van der Waals surface area contributed by atoms with Crippen LogP contribution in [0.1, 0.15) is 24.8 Å². The summed E-state index contributed by atoms with van der Waals surface area (Å²) >= 11 is 5.46. The standard InChI is InChI=1S/C13H19BrOS/c1-15-13-7-5-12(6-8-13)11-16-10-4-2-3-9-14/h5-8H,2-4,9-11H2,1H3. The molecule has 0 unspecified atom stereocenters. The van der Waals surface area contributed by atoms with Crippen molar-refractivity contribution in [1.29, 1.82) is 0 Å². The molecular formula is C13H19BrOS. The SMILES string of the molecule is COc1ccc(CSCCCCCBr)cc1. The minimum absolute atomic E-state index is 0.936. The Morgan fingerprint density at radius 3 is 2.50 bits per heavy atom. The lowest BCUT2D eigenvalue weighted by Gasteiger charge is -2.03. The van der Waals surface area contributed by atoms with Gasteiger partial charge in [0.15, 0.2) is 0 Å². The van der Waals surface area contributed by atoms with Crippen molar-refractivity contribution in [3.63, 3.8) is 0 Å². The van der Waals surface area contributed by atoms with Gasteiger partial charge in [0.1, 0.15) is 5.75 Å². The van der Waals surface area contributed by atoms with Gasteiger partial charge in [0.25, 0.3) is 0 Å². The Labute approximate surface area is 111 Å². The van der Waals surface area contributed by atoms with Crippen molar-refractivity contribution >= 4 is 27.7 Å². The third-order valence-electron chi connectivity index (χ3n) is 2.35. The van der Waals surface area contributed by atoms with Crippen LogP contribution in [0.5, 0.6) is 5.75 Å². The number of thioether (sulfide) groups is 1. The van der Waals surface area contributed by atoms with Crippen LogP contribution in [-0.2, 0) is 5.75 Å². The molecule has 1 aromatic carbocycles. The Hall–Kier alpha value is -0.150. The highest BCUT2D eigenvalue weighted by Crippen LogP contribution is 2.17.